The van der Waals surface area contributed by atoms with Crippen LogP contribution >= 0.6 is 0 Å². The molecule has 0 bridgehead atoms. The Morgan fingerprint density at radius 3 is 2.25 bits per heavy atom. The van der Waals surface area contributed by atoms with Gasteiger partial charge in [-0.05, 0) is 23.1 Å². The summed E-state index contributed by atoms with van der Waals surface area (Å²) < 4.78 is 0. The highest BCUT2D eigenvalue weighted by Gasteiger charge is 2.18. The lowest BCUT2D eigenvalue weighted by atomic mass is 9.82. The van der Waals surface area contributed by atoms with E-state index in [-0.39, 0.29) is 11.2 Å². The van der Waals surface area contributed by atoms with E-state index in [0.29, 0.717) is 5.57 Å². The quantitative estimate of drug-likeness (QED) is 0.500. The molecule has 64 valence electrons. The lowest BCUT2D eigenvalue weighted by Gasteiger charge is -2.22. The van der Waals surface area contributed by atoms with Gasteiger partial charge in [-0.25, -0.2) is 0 Å². The molecule has 1 aliphatic carbocycles. The average molecular weight is 162 g/mol. The summed E-state index contributed by atoms with van der Waals surface area (Å²) >= 11 is 0. The van der Waals surface area contributed by atoms with Gasteiger partial charge in [-0.2, -0.15) is 0 Å². The molecule has 0 amide bonds. The van der Waals surface area contributed by atoms with Gasteiger partial charge < -0.3 is 0 Å². The third kappa shape index (κ3) is 1.73. The van der Waals surface area contributed by atoms with Crippen LogP contribution in [0.3, 0.4) is 0 Å². The molecule has 12 heavy (non-hydrogen) atoms. The molecule has 0 unspecified atom stereocenters. The normalized spacial score (nSPS) is 18.1. The maximum Gasteiger partial charge on any atom is 0.185 e. The van der Waals surface area contributed by atoms with E-state index in [2.05, 4.69) is 27.4 Å². The van der Waals surface area contributed by atoms with Gasteiger partial charge in [0.1, 0.15) is 0 Å². The summed E-state index contributed by atoms with van der Waals surface area (Å²) in [5.41, 5.74) is 1.84. The van der Waals surface area contributed by atoms with Gasteiger partial charge in [0.25, 0.3) is 0 Å². The van der Waals surface area contributed by atoms with Crippen LogP contribution in [0.4, 0.5) is 0 Å². The molecule has 1 rings (SSSR count). The first kappa shape index (κ1) is 8.98. The fourth-order valence-electron chi connectivity index (χ4n) is 1.05. The summed E-state index contributed by atoms with van der Waals surface area (Å²) in [7, 11) is 0. The second-order valence-corrected chi connectivity index (χ2v) is 4.07. The van der Waals surface area contributed by atoms with Gasteiger partial charge in [0.05, 0.1) is 0 Å². The smallest absolute Gasteiger partial charge is 0.185 e. The Hall–Kier alpha value is -1.11. The molecule has 0 aromatic heterocycles. The van der Waals surface area contributed by atoms with E-state index in [4.69, 9.17) is 0 Å². The number of hydrogen-bond donors (Lipinski definition) is 0. The Kier molecular flexibility index (Phi) is 2.05. The first-order chi connectivity index (χ1) is 5.41. The van der Waals surface area contributed by atoms with Crippen LogP contribution in [0.5, 0.6) is 0 Å². The average Bonchev–Trinajstić information content (AvgIpc) is 1.92. The SMILES string of the molecule is C=C1C=C(C(C)(C)C)C=CC1=O. The topological polar surface area (TPSA) is 17.1 Å². The van der Waals surface area contributed by atoms with E-state index in [1.54, 1.807) is 6.08 Å². The minimum absolute atomic E-state index is 0.0167. The molecule has 1 heteroatoms. The van der Waals surface area contributed by atoms with Crippen molar-refractivity contribution < 1.29 is 4.79 Å². The molecule has 0 N–H and O–H groups in total. The van der Waals surface area contributed by atoms with Crippen molar-refractivity contribution in [3.05, 3.63) is 36.0 Å². The second-order valence-electron chi connectivity index (χ2n) is 4.07. The zero-order valence-electron chi connectivity index (χ0n) is 7.85. The molecule has 0 aliphatic heterocycles. The van der Waals surface area contributed by atoms with Crippen LogP contribution in [-0.4, -0.2) is 5.78 Å². The van der Waals surface area contributed by atoms with E-state index >= 15 is 0 Å². The largest absolute Gasteiger partial charge is 0.289 e. The van der Waals surface area contributed by atoms with Crippen LogP contribution < -0.4 is 0 Å². The highest BCUT2D eigenvalue weighted by atomic mass is 16.1. The number of ketones is 1. The number of rotatable bonds is 0. The summed E-state index contributed by atoms with van der Waals surface area (Å²) in [6, 6.07) is 0. The Bertz CT molecular complexity index is 285. The standard InChI is InChI=1S/C11H14O/c1-8-7-9(11(2,3)4)5-6-10(8)12/h5-7H,1H2,2-4H3. The molecule has 0 heterocycles. The Morgan fingerprint density at radius 1 is 1.25 bits per heavy atom. The van der Waals surface area contributed by atoms with Crippen LogP contribution in [0.25, 0.3) is 0 Å². The number of carbonyl (C=O) groups is 1. The van der Waals surface area contributed by atoms with Crippen molar-refractivity contribution in [3.63, 3.8) is 0 Å². The first-order valence-corrected chi connectivity index (χ1v) is 4.05. The molecule has 0 atom stereocenters. The number of allylic oxidation sites excluding steroid dienone is 5. The summed E-state index contributed by atoms with van der Waals surface area (Å²) in [6.45, 7) is 10.0. The van der Waals surface area contributed by atoms with Crippen LogP contribution in [0.1, 0.15) is 20.8 Å². The lowest BCUT2D eigenvalue weighted by molar-refractivity contribution is -0.111. The monoisotopic (exact) mass is 162 g/mol. The molecule has 0 aromatic rings. The van der Waals surface area contributed by atoms with Gasteiger partial charge >= 0.3 is 0 Å². The first-order valence-electron chi connectivity index (χ1n) is 4.05. The van der Waals surface area contributed by atoms with Crippen molar-refractivity contribution in [2.75, 3.05) is 0 Å². The van der Waals surface area contributed by atoms with Gasteiger partial charge in [0.15, 0.2) is 5.78 Å². The molecule has 0 spiro atoms. The molecular formula is C11H14O. The van der Waals surface area contributed by atoms with Crippen molar-refractivity contribution in [2.24, 2.45) is 5.41 Å². The highest BCUT2D eigenvalue weighted by Crippen LogP contribution is 2.29. The van der Waals surface area contributed by atoms with Gasteiger partial charge in [-0.1, -0.05) is 33.4 Å². The molecule has 1 nitrogen and oxygen atoms in total. The number of hydrogen-bond acceptors (Lipinski definition) is 1. The van der Waals surface area contributed by atoms with Crippen molar-refractivity contribution >= 4 is 5.78 Å². The fourth-order valence-corrected chi connectivity index (χ4v) is 1.05. The second kappa shape index (κ2) is 2.74. The minimum Gasteiger partial charge on any atom is -0.289 e. The van der Waals surface area contributed by atoms with Crippen LogP contribution in [-0.2, 0) is 4.79 Å². The Balaban J connectivity index is 2.99. The molecule has 0 saturated heterocycles. The molecule has 0 radical (unpaired) electrons. The zero-order chi connectivity index (χ0) is 9.35. The van der Waals surface area contributed by atoms with Crippen LogP contribution in [0.2, 0.25) is 0 Å². The third-order valence-electron chi connectivity index (χ3n) is 1.93. The lowest BCUT2D eigenvalue weighted by Crippen LogP contribution is -2.12. The van der Waals surface area contributed by atoms with E-state index in [1.165, 1.54) is 0 Å². The Morgan fingerprint density at radius 2 is 1.83 bits per heavy atom. The fraction of sp³-hybridized carbons (Fsp3) is 0.364. The van der Waals surface area contributed by atoms with Gasteiger partial charge in [0.2, 0.25) is 0 Å². The van der Waals surface area contributed by atoms with Crippen molar-refractivity contribution in [2.45, 2.75) is 20.8 Å². The van der Waals surface area contributed by atoms with E-state index in [0.717, 1.165) is 5.57 Å². The molecular weight excluding hydrogens is 148 g/mol. The number of carbonyl (C=O) groups excluding carboxylic acids is 1. The molecule has 0 aromatic carbocycles. The highest BCUT2D eigenvalue weighted by molar-refractivity contribution is 6.07. The van der Waals surface area contributed by atoms with E-state index in [1.807, 2.05) is 12.2 Å². The van der Waals surface area contributed by atoms with Crippen LogP contribution in [0, 0.1) is 5.41 Å². The van der Waals surface area contributed by atoms with Gasteiger partial charge in [-0.15, -0.1) is 0 Å². The van der Waals surface area contributed by atoms with Crippen molar-refractivity contribution in [1.29, 1.82) is 0 Å². The third-order valence-corrected chi connectivity index (χ3v) is 1.93. The summed E-state index contributed by atoms with van der Waals surface area (Å²) in [4.78, 5) is 11.0. The predicted molar refractivity (Wildman–Crippen MR) is 50.8 cm³/mol. The summed E-state index contributed by atoms with van der Waals surface area (Å²) in [5, 5.41) is 0. The zero-order valence-corrected chi connectivity index (χ0v) is 7.85. The van der Waals surface area contributed by atoms with Crippen LogP contribution in [0.15, 0.2) is 36.0 Å². The maximum atomic E-state index is 11.0. The molecule has 1 aliphatic rings. The summed E-state index contributed by atoms with van der Waals surface area (Å²) in [5.74, 6) is 0.0167. The predicted octanol–water partition coefficient (Wildman–Crippen LogP) is 2.65. The van der Waals surface area contributed by atoms with Gasteiger partial charge in [-0.3, -0.25) is 4.79 Å². The Labute approximate surface area is 73.5 Å². The molecule has 0 saturated carbocycles. The van der Waals surface area contributed by atoms with Crippen molar-refractivity contribution in [3.8, 4) is 0 Å². The van der Waals surface area contributed by atoms with E-state index < -0.39 is 0 Å². The molecule has 0 fully saturated rings. The maximum absolute atomic E-state index is 11.0. The summed E-state index contributed by atoms with van der Waals surface area (Å²) in [6.07, 6.45) is 5.32. The van der Waals surface area contributed by atoms with E-state index in [9.17, 15) is 4.79 Å². The minimum atomic E-state index is 0.0167. The van der Waals surface area contributed by atoms with Crippen molar-refractivity contribution in [1.82, 2.24) is 0 Å². The van der Waals surface area contributed by atoms with Gasteiger partial charge in [0, 0.05) is 5.57 Å².